The van der Waals surface area contributed by atoms with Gasteiger partial charge in [-0.05, 0) is 12.1 Å². The zero-order chi connectivity index (χ0) is 27.5. The molecule has 1 saturated heterocycles. The van der Waals surface area contributed by atoms with E-state index in [1.54, 1.807) is 6.07 Å². The average molecular weight is 618 g/mol. The number of nitrogens with zero attached hydrogens (tertiary/aromatic N) is 1. The number of thioether (sulfide) groups is 1. The summed E-state index contributed by atoms with van der Waals surface area (Å²) in [4.78, 5) is 61.9. The fraction of sp³-hybridized carbons (Fsp3) is 0.421. The van der Waals surface area contributed by atoms with Crippen LogP contribution in [0, 0.1) is 0 Å². The van der Waals surface area contributed by atoms with Crippen molar-refractivity contribution in [2.24, 2.45) is 5.73 Å². The third-order valence-electron chi connectivity index (χ3n) is 4.94. The lowest BCUT2D eigenvalue weighted by molar-refractivity contribution is -0.192. The van der Waals surface area contributed by atoms with Gasteiger partial charge in [-0.25, -0.2) is 14.4 Å². The summed E-state index contributed by atoms with van der Waals surface area (Å²) in [6, 6.07) is 3.11. The molecule has 0 bridgehead atoms. The van der Waals surface area contributed by atoms with E-state index in [0.29, 0.717) is 9.88 Å². The van der Waals surface area contributed by atoms with Crippen molar-refractivity contribution in [3.8, 4) is 0 Å². The van der Waals surface area contributed by atoms with Crippen LogP contribution in [-0.4, -0.2) is 80.9 Å². The molecule has 0 spiro atoms. The summed E-state index contributed by atoms with van der Waals surface area (Å²) < 4.78 is 13.1. The van der Waals surface area contributed by atoms with Crippen molar-refractivity contribution in [3.63, 3.8) is 0 Å². The third-order valence-corrected chi connectivity index (χ3v) is 7.64. The van der Waals surface area contributed by atoms with Crippen LogP contribution in [0.4, 0.5) is 14.6 Å². The van der Waals surface area contributed by atoms with Crippen molar-refractivity contribution in [1.82, 2.24) is 10.2 Å². The molecule has 3 rings (SSSR count). The van der Waals surface area contributed by atoms with Crippen LogP contribution in [0.15, 0.2) is 23.4 Å². The number of carbonyl (C=O) groups excluding carboxylic acids is 4. The lowest BCUT2D eigenvalue weighted by atomic mass is 9.98. The molecule has 3 heterocycles. The third kappa shape index (κ3) is 6.72. The lowest BCUT2D eigenvalue weighted by Gasteiger charge is -2.55. The van der Waals surface area contributed by atoms with E-state index in [9.17, 15) is 29.1 Å². The predicted molar refractivity (Wildman–Crippen MR) is 134 cm³/mol. The fourth-order valence-corrected chi connectivity index (χ4v) is 5.92. The molecule has 0 aliphatic carbocycles. The predicted octanol–water partition coefficient (Wildman–Crippen LogP) is 2.02. The highest BCUT2D eigenvalue weighted by molar-refractivity contribution is 8.00. The minimum atomic E-state index is -1.81. The Morgan fingerprint density at radius 2 is 1.97 bits per heavy atom. The number of carbonyl (C=O) groups is 5. The fourth-order valence-electron chi connectivity index (χ4n) is 3.45. The number of β-lactam (4-membered cyclic amide) rings is 1. The second kappa shape index (κ2) is 11.5. The van der Waals surface area contributed by atoms with Crippen molar-refractivity contribution in [3.05, 3.63) is 28.3 Å². The summed E-state index contributed by atoms with van der Waals surface area (Å²) in [6.07, 6.45) is -2.13. The van der Waals surface area contributed by atoms with Crippen molar-refractivity contribution in [2.75, 3.05) is 31.4 Å². The smallest absolute Gasteiger partial charge is 0.412 e. The summed E-state index contributed by atoms with van der Waals surface area (Å²) in [7, 11) is 1.21. The van der Waals surface area contributed by atoms with Gasteiger partial charge in [-0.15, -0.1) is 23.1 Å². The van der Waals surface area contributed by atoms with Crippen LogP contribution in [0.5, 0.6) is 0 Å². The van der Waals surface area contributed by atoms with Gasteiger partial charge in [-0.1, -0.05) is 34.8 Å². The minimum absolute atomic E-state index is 0.0820. The molecule has 0 unspecified atom stereocenters. The molecule has 202 valence electrons. The van der Waals surface area contributed by atoms with Gasteiger partial charge in [0.05, 0.1) is 11.4 Å². The number of fused-ring (bicyclic) bond motifs is 1. The molecule has 2 atom stereocenters. The second-order valence-corrected chi connectivity index (χ2v) is 12.2. The van der Waals surface area contributed by atoms with E-state index >= 15 is 0 Å². The molecule has 4 amide bonds. The van der Waals surface area contributed by atoms with Crippen LogP contribution in [0.2, 0.25) is 0 Å². The largest absolute Gasteiger partial charge is 0.477 e. The number of alkyl halides is 3. The number of hydrogen-bond acceptors (Lipinski definition) is 10. The summed E-state index contributed by atoms with van der Waals surface area (Å²) >= 11 is 18.8. The number of amides is 4. The number of ether oxygens (including phenoxy) is 3. The van der Waals surface area contributed by atoms with Crippen molar-refractivity contribution in [2.45, 2.75) is 21.3 Å². The Morgan fingerprint density at radius 3 is 2.57 bits per heavy atom. The van der Waals surface area contributed by atoms with Crippen LogP contribution >= 0.6 is 57.9 Å². The average Bonchev–Trinajstić information content (AvgIpc) is 3.24. The standard InChI is InChI=1S/C19H19Cl3N4O9S2/c1-33-19(14(30)26-12(13(28)29)8(5-34-16(23)31)6-36-15(19)26)25-10(27)4-9-2-3-11(37-9)24-17(32)35-7-18(20,21)22/h2-3,15H,4-7H2,1H3,(H2,23,31)(H,24,32)(H,25,27)(H,28,29)/t15-,19-/m0/s1. The van der Waals surface area contributed by atoms with E-state index < -0.39 is 58.1 Å². The number of thiophene rings is 1. The number of carboxylic acids is 1. The summed E-state index contributed by atoms with van der Waals surface area (Å²) in [5, 5.41) is 14.1. The molecule has 1 aromatic rings. The molecule has 5 N–H and O–H groups in total. The zero-order valence-corrected chi connectivity index (χ0v) is 22.6. The van der Waals surface area contributed by atoms with Gasteiger partial charge in [0.1, 0.15) is 24.3 Å². The number of halogens is 3. The number of nitrogens with two attached hydrogens (primary N) is 1. The Kier molecular flexibility index (Phi) is 9.08. The maximum Gasteiger partial charge on any atom is 0.412 e. The number of methoxy groups -OCH3 is 1. The summed E-state index contributed by atoms with van der Waals surface area (Å²) in [5.41, 5.74) is 2.94. The zero-order valence-electron chi connectivity index (χ0n) is 18.7. The molecular weight excluding hydrogens is 599 g/mol. The first-order chi connectivity index (χ1) is 17.3. The Balaban J connectivity index is 1.65. The minimum Gasteiger partial charge on any atom is -0.477 e. The van der Waals surface area contributed by atoms with E-state index in [1.165, 1.54) is 13.2 Å². The van der Waals surface area contributed by atoms with Gasteiger partial charge in [0, 0.05) is 23.3 Å². The first-order valence-corrected chi connectivity index (χ1v) is 13.1. The van der Waals surface area contributed by atoms with Crippen molar-refractivity contribution >= 4 is 92.9 Å². The van der Waals surface area contributed by atoms with Gasteiger partial charge < -0.3 is 30.4 Å². The highest BCUT2D eigenvalue weighted by Crippen LogP contribution is 2.46. The first-order valence-electron chi connectivity index (χ1n) is 10.1. The molecule has 2 aliphatic heterocycles. The maximum absolute atomic E-state index is 13.0. The Labute approximate surface area is 232 Å². The number of aliphatic carboxylic acids is 1. The molecule has 2 aliphatic rings. The Bertz CT molecular complexity index is 1160. The second-order valence-electron chi connectivity index (χ2n) is 7.45. The van der Waals surface area contributed by atoms with Crippen molar-refractivity contribution in [1.29, 1.82) is 0 Å². The quantitative estimate of drug-likeness (QED) is 0.181. The van der Waals surface area contributed by atoms with Crippen LogP contribution in [0.3, 0.4) is 0 Å². The van der Waals surface area contributed by atoms with E-state index in [1.807, 2.05) is 0 Å². The van der Waals surface area contributed by atoms with E-state index in [-0.39, 0.29) is 23.4 Å². The topological polar surface area (TPSA) is 187 Å². The van der Waals surface area contributed by atoms with Crippen LogP contribution in [0.25, 0.3) is 0 Å². The number of nitrogens with one attached hydrogen (secondary N) is 2. The Hall–Kier alpha value is -2.43. The summed E-state index contributed by atoms with van der Waals surface area (Å²) in [5.74, 6) is -2.73. The molecule has 13 nitrogen and oxygen atoms in total. The Morgan fingerprint density at radius 1 is 1.27 bits per heavy atom. The first kappa shape index (κ1) is 29.1. The number of hydrogen-bond donors (Lipinski definition) is 4. The molecule has 37 heavy (non-hydrogen) atoms. The number of anilines is 1. The van der Waals surface area contributed by atoms with Crippen LogP contribution < -0.4 is 16.4 Å². The van der Waals surface area contributed by atoms with Gasteiger partial charge in [0.2, 0.25) is 9.70 Å². The number of primary amides is 1. The highest BCUT2D eigenvalue weighted by atomic mass is 35.6. The van der Waals surface area contributed by atoms with Gasteiger partial charge in [0.15, 0.2) is 0 Å². The van der Waals surface area contributed by atoms with Gasteiger partial charge in [0.25, 0.3) is 11.6 Å². The number of carboxylic acid groups (broad SMARTS) is 1. The lowest BCUT2D eigenvalue weighted by Crippen LogP contribution is -2.80. The molecule has 1 fully saturated rings. The normalized spacial score (nSPS) is 21.0. The van der Waals surface area contributed by atoms with Crippen LogP contribution in [-0.2, 0) is 35.0 Å². The van der Waals surface area contributed by atoms with Gasteiger partial charge in [-0.2, -0.15) is 0 Å². The summed E-state index contributed by atoms with van der Waals surface area (Å²) in [6.45, 7) is -0.870. The maximum atomic E-state index is 13.0. The molecule has 18 heteroatoms. The van der Waals surface area contributed by atoms with E-state index in [0.717, 1.165) is 28.0 Å². The van der Waals surface area contributed by atoms with Crippen LogP contribution in [0.1, 0.15) is 4.88 Å². The monoisotopic (exact) mass is 616 g/mol. The molecule has 0 aromatic carbocycles. The molecular formula is C19H19Cl3N4O9S2. The number of rotatable bonds is 9. The molecule has 0 saturated carbocycles. The van der Waals surface area contributed by atoms with Crippen molar-refractivity contribution < 1.29 is 43.3 Å². The van der Waals surface area contributed by atoms with E-state index in [2.05, 4.69) is 15.4 Å². The SMILES string of the molecule is CO[C@@]1(NC(=O)Cc2ccc(NC(=O)OCC(Cl)(Cl)Cl)s2)C(=O)N2C(C(=O)O)=C(COC(N)=O)CS[C@H]21. The molecule has 1 aromatic heterocycles. The van der Waals surface area contributed by atoms with Gasteiger partial charge >= 0.3 is 18.2 Å². The van der Waals surface area contributed by atoms with Gasteiger partial charge in [-0.3, -0.25) is 19.8 Å². The van der Waals surface area contributed by atoms with E-state index in [4.69, 9.17) is 50.0 Å². The highest BCUT2D eigenvalue weighted by Gasteiger charge is 2.66. The molecule has 0 radical (unpaired) electrons.